The normalized spacial score (nSPS) is 17.0. The van der Waals surface area contributed by atoms with Crippen molar-refractivity contribution in [1.29, 1.82) is 0 Å². The molecule has 26 heavy (non-hydrogen) atoms. The third-order valence-corrected chi connectivity index (χ3v) is 4.64. The van der Waals surface area contributed by atoms with E-state index < -0.39 is 5.92 Å². The number of benzene rings is 2. The van der Waals surface area contributed by atoms with Gasteiger partial charge in [-0.3, -0.25) is 14.6 Å². The Kier molecular flexibility index (Phi) is 5.28. The van der Waals surface area contributed by atoms with Crippen LogP contribution >= 0.6 is 0 Å². The largest absolute Gasteiger partial charge is 0.383 e. The van der Waals surface area contributed by atoms with E-state index in [4.69, 9.17) is 4.74 Å². The fraction of sp³-hybridized carbons (Fsp3) is 0.286. The predicted molar refractivity (Wildman–Crippen MR) is 102 cm³/mol. The van der Waals surface area contributed by atoms with E-state index in [0.717, 1.165) is 11.1 Å². The molecule has 5 nitrogen and oxygen atoms in total. The van der Waals surface area contributed by atoms with Crippen molar-refractivity contribution >= 4 is 23.7 Å². The third-order valence-electron chi connectivity index (χ3n) is 4.64. The monoisotopic (exact) mass is 350 g/mol. The molecule has 134 valence electrons. The molecular formula is C21H22N2O3. The van der Waals surface area contributed by atoms with Crippen LogP contribution in [-0.4, -0.2) is 38.3 Å². The number of fused-ring (bicyclic) bond motifs is 1. The van der Waals surface area contributed by atoms with Gasteiger partial charge in [-0.2, -0.15) is 0 Å². The molecule has 2 aromatic rings. The molecule has 0 saturated carbocycles. The van der Waals surface area contributed by atoms with Gasteiger partial charge in [-0.05, 0) is 48.7 Å². The Bertz CT molecular complexity index is 873. The molecule has 2 aromatic carbocycles. The molecule has 1 aliphatic rings. The zero-order valence-electron chi connectivity index (χ0n) is 15.2. The second-order valence-corrected chi connectivity index (χ2v) is 6.36. The van der Waals surface area contributed by atoms with E-state index in [1.165, 1.54) is 4.90 Å². The highest BCUT2D eigenvalue weighted by atomic mass is 16.5. The van der Waals surface area contributed by atoms with Gasteiger partial charge < -0.3 is 4.74 Å². The second kappa shape index (κ2) is 7.62. The van der Waals surface area contributed by atoms with Crippen molar-refractivity contribution in [3.63, 3.8) is 0 Å². The van der Waals surface area contributed by atoms with E-state index in [1.807, 2.05) is 50.2 Å². The van der Waals surface area contributed by atoms with E-state index in [0.29, 0.717) is 30.0 Å². The first-order valence-corrected chi connectivity index (χ1v) is 8.58. The number of carbonyl (C=O) groups excluding carboxylic acids is 2. The Morgan fingerprint density at radius 1 is 1.12 bits per heavy atom. The van der Waals surface area contributed by atoms with E-state index >= 15 is 0 Å². The summed E-state index contributed by atoms with van der Waals surface area (Å²) < 4.78 is 5.00. The van der Waals surface area contributed by atoms with Gasteiger partial charge in [0.25, 0.3) is 5.91 Å². The van der Waals surface area contributed by atoms with Crippen LogP contribution < -0.4 is 4.90 Å². The molecule has 0 fully saturated rings. The molecule has 0 spiro atoms. The van der Waals surface area contributed by atoms with Gasteiger partial charge in [-0.15, -0.1) is 0 Å². The maximum Gasteiger partial charge on any atom is 0.265 e. The van der Waals surface area contributed by atoms with Crippen LogP contribution in [0.3, 0.4) is 0 Å². The van der Waals surface area contributed by atoms with Gasteiger partial charge in [0.2, 0.25) is 5.91 Å². The Morgan fingerprint density at radius 3 is 2.62 bits per heavy atom. The average Bonchev–Trinajstić information content (AvgIpc) is 2.64. The highest BCUT2D eigenvalue weighted by molar-refractivity contribution is 6.29. The summed E-state index contributed by atoms with van der Waals surface area (Å²) >= 11 is 0. The van der Waals surface area contributed by atoms with E-state index in [1.54, 1.807) is 19.4 Å². The summed E-state index contributed by atoms with van der Waals surface area (Å²) in [5, 5.41) is 0. The zero-order chi connectivity index (χ0) is 18.7. The lowest BCUT2D eigenvalue weighted by Gasteiger charge is -2.31. The van der Waals surface area contributed by atoms with Crippen molar-refractivity contribution in [1.82, 2.24) is 0 Å². The van der Waals surface area contributed by atoms with E-state index in [2.05, 4.69) is 4.99 Å². The van der Waals surface area contributed by atoms with Crippen LogP contribution in [0.15, 0.2) is 47.5 Å². The van der Waals surface area contributed by atoms with Gasteiger partial charge in [0.1, 0.15) is 0 Å². The first kappa shape index (κ1) is 18.0. The van der Waals surface area contributed by atoms with Crippen molar-refractivity contribution in [3.05, 3.63) is 64.7 Å². The second-order valence-electron chi connectivity index (χ2n) is 6.36. The standard InChI is InChI=1S/C21H22N2O3/c1-14-8-9-16(12-15(14)2)23-20(24)18-7-5-4-6-17(18)19(21(23)25)13-22-10-11-26-3/h4-9,12-13,19H,10-11H2,1-3H3/t19-/m1/s1. The number of rotatable bonds is 5. The summed E-state index contributed by atoms with van der Waals surface area (Å²) in [6.45, 7) is 4.92. The van der Waals surface area contributed by atoms with E-state index in [-0.39, 0.29) is 11.8 Å². The minimum Gasteiger partial charge on any atom is -0.383 e. The van der Waals surface area contributed by atoms with Crippen molar-refractivity contribution in [3.8, 4) is 0 Å². The molecule has 3 rings (SSSR count). The fourth-order valence-corrected chi connectivity index (χ4v) is 3.03. The highest BCUT2D eigenvalue weighted by Crippen LogP contribution is 2.32. The van der Waals surface area contributed by atoms with Gasteiger partial charge in [0.05, 0.1) is 24.8 Å². The molecule has 1 atom stereocenters. The fourth-order valence-electron chi connectivity index (χ4n) is 3.03. The molecule has 5 heteroatoms. The SMILES string of the molecule is COCCN=C[C@H]1C(=O)N(c2ccc(C)c(C)c2)C(=O)c2ccccc21. The molecular weight excluding hydrogens is 328 g/mol. The van der Waals surface area contributed by atoms with Crippen molar-refractivity contribution in [2.45, 2.75) is 19.8 Å². The number of carbonyl (C=O) groups is 2. The lowest BCUT2D eigenvalue weighted by Crippen LogP contribution is -2.45. The van der Waals surface area contributed by atoms with Gasteiger partial charge >= 0.3 is 0 Å². The van der Waals surface area contributed by atoms with Crippen LogP contribution in [0.2, 0.25) is 0 Å². The van der Waals surface area contributed by atoms with Crippen LogP contribution in [0.1, 0.15) is 33.0 Å². The van der Waals surface area contributed by atoms with Crippen molar-refractivity contribution in [2.24, 2.45) is 4.99 Å². The van der Waals surface area contributed by atoms with Crippen molar-refractivity contribution in [2.75, 3.05) is 25.2 Å². The summed E-state index contributed by atoms with van der Waals surface area (Å²) in [5.74, 6) is -1.16. The smallest absolute Gasteiger partial charge is 0.265 e. The van der Waals surface area contributed by atoms with Crippen LogP contribution in [0.4, 0.5) is 5.69 Å². The molecule has 0 N–H and O–H groups in total. The minimum absolute atomic E-state index is 0.280. The number of aliphatic imine (C=N–C) groups is 1. The maximum atomic E-state index is 13.1. The number of hydrogen-bond acceptors (Lipinski definition) is 4. The molecule has 0 aromatic heterocycles. The van der Waals surface area contributed by atoms with Gasteiger partial charge in [0.15, 0.2) is 0 Å². The summed E-state index contributed by atoms with van der Waals surface area (Å²) in [4.78, 5) is 31.7. The number of amides is 2. The lowest BCUT2D eigenvalue weighted by molar-refractivity contribution is -0.118. The van der Waals surface area contributed by atoms with Gasteiger partial charge in [0, 0.05) is 18.9 Å². The minimum atomic E-state index is -0.581. The Morgan fingerprint density at radius 2 is 1.88 bits per heavy atom. The van der Waals surface area contributed by atoms with Crippen molar-refractivity contribution < 1.29 is 14.3 Å². The number of aryl methyl sites for hydroxylation is 2. The van der Waals surface area contributed by atoms with Crippen LogP contribution in [0.5, 0.6) is 0 Å². The lowest BCUT2D eigenvalue weighted by atomic mass is 9.88. The first-order chi connectivity index (χ1) is 12.5. The Hall–Kier alpha value is -2.79. The predicted octanol–water partition coefficient (Wildman–Crippen LogP) is 3.29. The number of nitrogens with zero attached hydrogens (tertiary/aromatic N) is 2. The van der Waals surface area contributed by atoms with E-state index in [9.17, 15) is 9.59 Å². The van der Waals surface area contributed by atoms with Crippen LogP contribution in [0.25, 0.3) is 0 Å². The average molecular weight is 350 g/mol. The molecule has 0 radical (unpaired) electrons. The molecule has 1 aliphatic heterocycles. The summed E-state index contributed by atoms with van der Waals surface area (Å²) in [5.41, 5.74) is 3.97. The van der Waals surface area contributed by atoms with Gasteiger partial charge in [-0.25, -0.2) is 4.90 Å². The number of anilines is 1. The summed E-state index contributed by atoms with van der Waals surface area (Å²) in [7, 11) is 1.61. The summed E-state index contributed by atoms with van der Waals surface area (Å²) in [6, 6.07) is 12.8. The molecule has 0 saturated heterocycles. The maximum absolute atomic E-state index is 13.1. The third kappa shape index (κ3) is 3.30. The highest BCUT2D eigenvalue weighted by Gasteiger charge is 2.38. The topological polar surface area (TPSA) is 59.0 Å². The molecule has 0 bridgehead atoms. The Balaban J connectivity index is 2.04. The first-order valence-electron chi connectivity index (χ1n) is 8.58. The number of hydrogen-bond donors (Lipinski definition) is 0. The number of ether oxygens (including phenoxy) is 1. The molecule has 0 aliphatic carbocycles. The van der Waals surface area contributed by atoms with Crippen LogP contribution in [-0.2, 0) is 9.53 Å². The quantitative estimate of drug-likeness (QED) is 0.472. The van der Waals surface area contributed by atoms with Crippen LogP contribution in [0, 0.1) is 13.8 Å². The zero-order valence-corrected chi connectivity index (χ0v) is 15.2. The van der Waals surface area contributed by atoms with Gasteiger partial charge in [-0.1, -0.05) is 24.3 Å². The summed E-state index contributed by atoms with van der Waals surface area (Å²) in [6.07, 6.45) is 1.63. The molecule has 1 heterocycles. The molecule has 0 unspecified atom stereocenters. The Labute approximate surface area is 153 Å². The number of methoxy groups -OCH3 is 1. The number of imide groups is 1. The molecule has 2 amide bonds.